The van der Waals surface area contributed by atoms with Crippen LogP contribution in [0.2, 0.25) is 5.02 Å². The first-order valence-electron chi connectivity index (χ1n) is 9.63. The van der Waals surface area contributed by atoms with Crippen molar-refractivity contribution in [3.8, 4) is 0 Å². The van der Waals surface area contributed by atoms with Crippen LogP contribution in [0.3, 0.4) is 0 Å². The van der Waals surface area contributed by atoms with Crippen LogP contribution in [0, 0.1) is 24.7 Å². The molecule has 1 aliphatic heterocycles. The van der Waals surface area contributed by atoms with Crippen molar-refractivity contribution in [2.75, 3.05) is 6.54 Å². The van der Waals surface area contributed by atoms with Crippen molar-refractivity contribution in [3.05, 3.63) is 44.2 Å². The van der Waals surface area contributed by atoms with Crippen LogP contribution in [-0.4, -0.2) is 22.5 Å². The molecule has 26 heavy (non-hydrogen) atoms. The molecule has 2 aliphatic rings. The molecule has 2 bridgehead atoms. The highest BCUT2D eigenvalue weighted by Crippen LogP contribution is 2.52. The molecule has 1 aromatic heterocycles. The Morgan fingerprint density at radius 3 is 2.69 bits per heavy atom. The standard InChI is InChI=1S/C22H29ClN2O/c1-13-6-15(23)7-17-19(13)24-14(2)18(20(17)26)10-25-12-22(5)9-16(25)8-21(3,4)11-22/h6-7,16H,8-12H2,1-5H3,(H,24,26)/t16-,22+/m1/s1. The van der Waals surface area contributed by atoms with Crippen LogP contribution in [-0.2, 0) is 6.54 Å². The van der Waals surface area contributed by atoms with Gasteiger partial charge in [0.05, 0.1) is 5.52 Å². The number of rotatable bonds is 2. The fraction of sp³-hybridized carbons (Fsp3) is 0.591. The zero-order chi connectivity index (χ0) is 18.9. The van der Waals surface area contributed by atoms with Crippen molar-refractivity contribution < 1.29 is 0 Å². The molecule has 4 rings (SSSR count). The molecule has 0 unspecified atom stereocenters. The summed E-state index contributed by atoms with van der Waals surface area (Å²) in [7, 11) is 0. The molecular formula is C22H29ClN2O. The molecule has 2 fully saturated rings. The second kappa shape index (κ2) is 5.84. The van der Waals surface area contributed by atoms with Gasteiger partial charge in [0.2, 0.25) is 0 Å². The minimum Gasteiger partial charge on any atom is -0.358 e. The van der Waals surface area contributed by atoms with Gasteiger partial charge in [-0.25, -0.2) is 0 Å². The number of aryl methyl sites for hydroxylation is 2. The summed E-state index contributed by atoms with van der Waals surface area (Å²) in [6, 6.07) is 4.29. The van der Waals surface area contributed by atoms with Gasteiger partial charge < -0.3 is 4.98 Å². The molecule has 1 saturated carbocycles. The van der Waals surface area contributed by atoms with Gasteiger partial charge in [-0.05, 0) is 61.6 Å². The minimum absolute atomic E-state index is 0.132. The van der Waals surface area contributed by atoms with Gasteiger partial charge in [0.15, 0.2) is 5.43 Å². The number of hydrogen-bond acceptors (Lipinski definition) is 2. The van der Waals surface area contributed by atoms with Crippen LogP contribution >= 0.6 is 11.6 Å². The fourth-order valence-electron chi connectivity index (χ4n) is 5.84. The Kier molecular flexibility index (Phi) is 4.06. The van der Waals surface area contributed by atoms with E-state index in [1.54, 1.807) is 6.07 Å². The number of nitrogens with zero attached hydrogens (tertiary/aromatic N) is 1. The predicted molar refractivity (Wildman–Crippen MR) is 109 cm³/mol. The fourth-order valence-corrected chi connectivity index (χ4v) is 6.11. The number of benzene rings is 1. The minimum atomic E-state index is 0.132. The van der Waals surface area contributed by atoms with Crippen molar-refractivity contribution in [1.29, 1.82) is 0 Å². The van der Waals surface area contributed by atoms with Gasteiger partial charge in [-0.2, -0.15) is 0 Å². The van der Waals surface area contributed by atoms with E-state index in [1.165, 1.54) is 19.3 Å². The molecule has 1 aromatic carbocycles. The third-order valence-electron chi connectivity index (χ3n) is 6.47. The maximum absolute atomic E-state index is 13.2. The first kappa shape index (κ1) is 18.1. The number of aromatic nitrogens is 1. The third kappa shape index (κ3) is 2.99. The number of nitrogens with one attached hydrogen (secondary N) is 1. The molecule has 2 atom stereocenters. The van der Waals surface area contributed by atoms with Crippen molar-refractivity contribution in [2.24, 2.45) is 10.8 Å². The maximum Gasteiger partial charge on any atom is 0.194 e. The van der Waals surface area contributed by atoms with Crippen LogP contribution in [0.15, 0.2) is 16.9 Å². The molecule has 0 spiro atoms. The largest absolute Gasteiger partial charge is 0.358 e. The number of H-pyrrole nitrogens is 1. The summed E-state index contributed by atoms with van der Waals surface area (Å²) < 4.78 is 0. The number of likely N-dealkylation sites (tertiary alicyclic amines) is 1. The third-order valence-corrected chi connectivity index (χ3v) is 6.69. The number of aromatic amines is 1. The van der Waals surface area contributed by atoms with E-state index >= 15 is 0 Å². The molecule has 3 nitrogen and oxygen atoms in total. The summed E-state index contributed by atoms with van der Waals surface area (Å²) in [4.78, 5) is 19.3. The highest BCUT2D eigenvalue weighted by atomic mass is 35.5. The van der Waals surface area contributed by atoms with Crippen molar-refractivity contribution >= 4 is 22.5 Å². The van der Waals surface area contributed by atoms with E-state index in [4.69, 9.17) is 11.6 Å². The summed E-state index contributed by atoms with van der Waals surface area (Å²) in [5.41, 5.74) is 4.71. The lowest BCUT2D eigenvalue weighted by Gasteiger charge is -2.40. The first-order valence-corrected chi connectivity index (χ1v) is 10.0. The predicted octanol–water partition coefficient (Wildman–Crippen LogP) is 5.20. The van der Waals surface area contributed by atoms with E-state index in [0.29, 0.717) is 27.3 Å². The van der Waals surface area contributed by atoms with E-state index in [2.05, 4.69) is 30.7 Å². The van der Waals surface area contributed by atoms with E-state index in [9.17, 15) is 4.79 Å². The highest BCUT2D eigenvalue weighted by molar-refractivity contribution is 6.31. The number of halogens is 1. The molecule has 140 valence electrons. The van der Waals surface area contributed by atoms with Crippen LogP contribution < -0.4 is 5.43 Å². The lowest BCUT2D eigenvalue weighted by molar-refractivity contribution is 0.126. The molecule has 2 aromatic rings. The Labute approximate surface area is 160 Å². The molecule has 0 radical (unpaired) electrons. The van der Waals surface area contributed by atoms with E-state index < -0.39 is 0 Å². The average molecular weight is 373 g/mol. The number of hydrogen-bond donors (Lipinski definition) is 1. The quantitative estimate of drug-likeness (QED) is 0.786. The molecule has 2 heterocycles. The Morgan fingerprint density at radius 2 is 1.96 bits per heavy atom. The molecule has 1 saturated heterocycles. The molecular weight excluding hydrogens is 344 g/mol. The van der Waals surface area contributed by atoms with Crippen molar-refractivity contribution in [2.45, 2.75) is 66.5 Å². The molecule has 1 aliphatic carbocycles. The number of fused-ring (bicyclic) bond motifs is 3. The second-order valence-corrected chi connectivity index (χ2v) is 10.3. The molecule has 0 amide bonds. The Morgan fingerprint density at radius 1 is 1.23 bits per heavy atom. The SMILES string of the molecule is Cc1[nH]c2c(C)cc(Cl)cc2c(=O)c1CN1C[C@@]2(C)C[C@H]1CC(C)(C)C2. The van der Waals surface area contributed by atoms with Gasteiger partial charge in [-0.1, -0.05) is 32.4 Å². The van der Waals surface area contributed by atoms with Crippen LogP contribution in [0.4, 0.5) is 0 Å². The lowest BCUT2D eigenvalue weighted by atomic mass is 9.65. The summed E-state index contributed by atoms with van der Waals surface area (Å²) >= 11 is 6.22. The van der Waals surface area contributed by atoms with Crippen LogP contribution in [0.5, 0.6) is 0 Å². The highest BCUT2D eigenvalue weighted by Gasteiger charge is 2.49. The maximum atomic E-state index is 13.2. The first-order chi connectivity index (χ1) is 12.1. The monoisotopic (exact) mass is 372 g/mol. The van der Waals surface area contributed by atoms with Gasteiger partial charge in [-0.15, -0.1) is 0 Å². The van der Waals surface area contributed by atoms with E-state index in [1.807, 2.05) is 19.9 Å². The average Bonchev–Trinajstić information content (AvgIpc) is 2.73. The lowest BCUT2D eigenvalue weighted by Crippen LogP contribution is -2.35. The normalized spacial score (nSPS) is 28.0. The van der Waals surface area contributed by atoms with E-state index in [-0.39, 0.29) is 5.43 Å². The van der Waals surface area contributed by atoms with Gasteiger partial charge >= 0.3 is 0 Å². The number of pyridine rings is 1. The summed E-state index contributed by atoms with van der Waals surface area (Å²) in [6.45, 7) is 13.0. The zero-order valence-corrected chi connectivity index (χ0v) is 17.3. The van der Waals surface area contributed by atoms with Crippen LogP contribution in [0.25, 0.3) is 10.9 Å². The smallest absolute Gasteiger partial charge is 0.194 e. The van der Waals surface area contributed by atoms with Crippen LogP contribution in [0.1, 0.15) is 56.9 Å². The Balaban J connectivity index is 1.74. The van der Waals surface area contributed by atoms with Gasteiger partial charge in [0, 0.05) is 40.8 Å². The van der Waals surface area contributed by atoms with Gasteiger partial charge in [0.1, 0.15) is 0 Å². The Hall–Kier alpha value is -1.32. The zero-order valence-electron chi connectivity index (χ0n) is 16.5. The summed E-state index contributed by atoms with van der Waals surface area (Å²) in [5, 5.41) is 1.34. The summed E-state index contributed by atoms with van der Waals surface area (Å²) in [5.74, 6) is 0. The van der Waals surface area contributed by atoms with E-state index in [0.717, 1.165) is 35.4 Å². The summed E-state index contributed by atoms with van der Waals surface area (Å²) in [6.07, 6.45) is 3.75. The Bertz CT molecular complexity index is 945. The van der Waals surface area contributed by atoms with Gasteiger partial charge in [-0.3, -0.25) is 9.69 Å². The topological polar surface area (TPSA) is 36.1 Å². The van der Waals surface area contributed by atoms with Crippen molar-refractivity contribution in [1.82, 2.24) is 9.88 Å². The second-order valence-electron chi connectivity index (χ2n) is 9.82. The molecule has 1 N–H and O–H groups in total. The molecule has 4 heteroatoms. The van der Waals surface area contributed by atoms with Crippen molar-refractivity contribution in [3.63, 3.8) is 0 Å². The van der Waals surface area contributed by atoms with Gasteiger partial charge in [0.25, 0.3) is 0 Å².